The highest BCUT2D eigenvalue weighted by atomic mass is 16.2. The monoisotopic (exact) mass is 401 g/mol. The number of nitrogens with one attached hydrogen (secondary N) is 1. The zero-order chi connectivity index (χ0) is 21.2. The highest BCUT2D eigenvalue weighted by Gasteiger charge is 2.33. The molecule has 1 saturated heterocycles. The van der Waals surface area contributed by atoms with Gasteiger partial charge in [0.05, 0.1) is 0 Å². The SMILES string of the molecule is CCCCC(=O)N1CCN(C(=O)C(Cc2ccccc2)NC(=O)CCC)CC1C. The summed E-state index contributed by atoms with van der Waals surface area (Å²) in [5.74, 6) is 0.0116. The number of unbranched alkanes of at least 4 members (excludes halogenated alkanes) is 1. The normalized spacial score (nSPS) is 17.7. The Balaban J connectivity index is 2.04. The van der Waals surface area contributed by atoms with Gasteiger partial charge < -0.3 is 15.1 Å². The predicted molar refractivity (Wildman–Crippen MR) is 114 cm³/mol. The molecule has 2 rings (SSSR count). The van der Waals surface area contributed by atoms with E-state index in [0.29, 0.717) is 38.9 Å². The van der Waals surface area contributed by atoms with E-state index in [1.165, 1.54) is 0 Å². The molecular formula is C23H35N3O3. The van der Waals surface area contributed by atoms with E-state index in [1.807, 2.05) is 49.1 Å². The van der Waals surface area contributed by atoms with Crippen molar-refractivity contribution in [2.75, 3.05) is 19.6 Å². The van der Waals surface area contributed by atoms with Gasteiger partial charge in [-0.2, -0.15) is 0 Å². The zero-order valence-corrected chi connectivity index (χ0v) is 18.0. The zero-order valence-electron chi connectivity index (χ0n) is 18.0. The summed E-state index contributed by atoms with van der Waals surface area (Å²) in [7, 11) is 0. The maximum atomic E-state index is 13.2. The largest absolute Gasteiger partial charge is 0.344 e. The van der Waals surface area contributed by atoms with Crippen molar-refractivity contribution in [1.82, 2.24) is 15.1 Å². The third-order valence-electron chi connectivity index (χ3n) is 5.40. The Labute approximate surface area is 174 Å². The van der Waals surface area contributed by atoms with Gasteiger partial charge in [0.2, 0.25) is 17.7 Å². The van der Waals surface area contributed by atoms with Gasteiger partial charge >= 0.3 is 0 Å². The second kappa shape index (κ2) is 11.6. The van der Waals surface area contributed by atoms with Crippen molar-refractivity contribution in [3.8, 4) is 0 Å². The summed E-state index contributed by atoms with van der Waals surface area (Å²) in [5, 5.41) is 2.93. The molecule has 1 aromatic rings. The number of nitrogens with zero attached hydrogens (tertiary/aromatic N) is 2. The number of benzene rings is 1. The molecule has 3 amide bonds. The van der Waals surface area contributed by atoms with E-state index in [4.69, 9.17) is 0 Å². The minimum Gasteiger partial charge on any atom is -0.344 e. The summed E-state index contributed by atoms with van der Waals surface area (Å²) in [6.45, 7) is 7.58. The average Bonchev–Trinajstić information content (AvgIpc) is 2.71. The third-order valence-corrected chi connectivity index (χ3v) is 5.40. The van der Waals surface area contributed by atoms with E-state index in [0.717, 1.165) is 24.8 Å². The summed E-state index contributed by atoms with van der Waals surface area (Å²) < 4.78 is 0. The van der Waals surface area contributed by atoms with E-state index >= 15 is 0 Å². The van der Waals surface area contributed by atoms with Crippen molar-refractivity contribution in [1.29, 1.82) is 0 Å². The Morgan fingerprint density at radius 3 is 2.41 bits per heavy atom. The third kappa shape index (κ3) is 6.87. The molecule has 2 atom stereocenters. The van der Waals surface area contributed by atoms with E-state index < -0.39 is 6.04 Å². The maximum absolute atomic E-state index is 13.2. The Bertz CT molecular complexity index is 677. The first-order valence-corrected chi connectivity index (χ1v) is 10.9. The molecule has 1 aliphatic heterocycles. The summed E-state index contributed by atoms with van der Waals surface area (Å²) in [6, 6.07) is 9.16. The maximum Gasteiger partial charge on any atom is 0.245 e. The Morgan fingerprint density at radius 1 is 1.07 bits per heavy atom. The van der Waals surface area contributed by atoms with Crippen molar-refractivity contribution in [2.45, 2.75) is 71.4 Å². The molecule has 1 N–H and O–H groups in total. The molecule has 1 aliphatic rings. The predicted octanol–water partition coefficient (Wildman–Crippen LogP) is 2.76. The Morgan fingerprint density at radius 2 is 1.79 bits per heavy atom. The molecule has 0 spiro atoms. The van der Waals surface area contributed by atoms with Crippen LogP contribution in [-0.2, 0) is 20.8 Å². The van der Waals surface area contributed by atoms with Crippen molar-refractivity contribution < 1.29 is 14.4 Å². The molecule has 0 aromatic heterocycles. The van der Waals surface area contributed by atoms with E-state index in [2.05, 4.69) is 12.2 Å². The Kier molecular flexibility index (Phi) is 9.16. The number of hydrogen-bond donors (Lipinski definition) is 1. The van der Waals surface area contributed by atoms with Gasteiger partial charge in [0.1, 0.15) is 6.04 Å². The fourth-order valence-corrected chi connectivity index (χ4v) is 3.76. The summed E-state index contributed by atoms with van der Waals surface area (Å²) in [6.07, 6.45) is 4.09. The second-order valence-electron chi connectivity index (χ2n) is 7.88. The van der Waals surface area contributed by atoms with Gasteiger partial charge in [0.25, 0.3) is 0 Å². The van der Waals surface area contributed by atoms with Crippen LogP contribution in [0.15, 0.2) is 30.3 Å². The fourth-order valence-electron chi connectivity index (χ4n) is 3.76. The summed E-state index contributed by atoms with van der Waals surface area (Å²) in [5.41, 5.74) is 1.02. The van der Waals surface area contributed by atoms with Crippen LogP contribution in [0.3, 0.4) is 0 Å². The number of hydrogen-bond acceptors (Lipinski definition) is 3. The van der Waals surface area contributed by atoms with E-state index in [1.54, 1.807) is 4.90 Å². The van der Waals surface area contributed by atoms with Crippen LogP contribution >= 0.6 is 0 Å². The van der Waals surface area contributed by atoms with Gasteiger partial charge in [-0.25, -0.2) is 0 Å². The lowest BCUT2D eigenvalue weighted by Crippen LogP contribution is -2.59. The Hall–Kier alpha value is -2.37. The second-order valence-corrected chi connectivity index (χ2v) is 7.88. The van der Waals surface area contributed by atoms with Gasteiger partial charge in [-0.15, -0.1) is 0 Å². The molecular weight excluding hydrogens is 366 g/mol. The summed E-state index contributed by atoms with van der Waals surface area (Å²) in [4.78, 5) is 41.5. The lowest BCUT2D eigenvalue weighted by molar-refractivity contribution is -0.144. The van der Waals surface area contributed by atoms with Gasteiger partial charge in [0, 0.05) is 44.9 Å². The molecule has 160 valence electrons. The van der Waals surface area contributed by atoms with Gasteiger partial charge in [-0.1, -0.05) is 50.6 Å². The minimum atomic E-state index is -0.578. The highest BCUT2D eigenvalue weighted by Crippen LogP contribution is 2.15. The molecule has 0 bridgehead atoms. The smallest absolute Gasteiger partial charge is 0.245 e. The highest BCUT2D eigenvalue weighted by molar-refractivity contribution is 5.88. The molecule has 29 heavy (non-hydrogen) atoms. The number of amides is 3. The first kappa shape index (κ1) is 22.9. The fraction of sp³-hybridized carbons (Fsp3) is 0.609. The number of carbonyl (C=O) groups excluding carboxylic acids is 3. The average molecular weight is 402 g/mol. The van der Waals surface area contributed by atoms with Crippen LogP contribution in [0.5, 0.6) is 0 Å². The number of carbonyl (C=O) groups is 3. The molecule has 1 heterocycles. The molecule has 2 unspecified atom stereocenters. The molecule has 0 saturated carbocycles. The lowest BCUT2D eigenvalue weighted by atomic mass is 10.0. The minimum absolute atomic E-state index is 0.0132. The van der Waals surface area contributed by atoms with Crippen LogP contribution in [0.2, 0.25) is 0 Å². The van der Waals surface area contributed by atoms with Crippen molar-refractivity contribution in [3.05, 3.63) is 35.9 Å². The lowest BCUT2D eigenvalue weighted by Gasteiger charge is -2.41. The number of piperazine rings is 1. The van der Waals surface area contributed by atoms with Crippen LogP contribution in [0.4, 0.5) is 0 Å². The van der Waals surface area contributed by atoms with Crippen LogP contribution in [0, 0.1) is 0 Å². The van der Waals surface area contributed by atoms with Crippen molar-refractivity contribution in [2.24, 2.45) is 0 Å². The van der Waals surface area contributed by atoms with Crippen molar-refractivity contribution in [3.63, 3.8) is 0 Å². The van der Waals surface area contributed by atoms with Crippen LogP contribution in [-0.4, -0.2) is 59.2 Å². The molecule has 0 aliphatic carbocycles. The van der Waals surface area contributed by atoms with Gasteiger partial charge in [-0.3, -0.25) is 14.4 Å². The van der Waals surface area contributed by atoms with Crippen LogP contribution in [0.25, 0.3) is 0 Å². The van der Waals surface area contributed by atoms with Gasteiger partial charge in [0.15, 0.2) is 0 Å². The summed E-state index contributed by atoms with van der Waals surface area (Å²) >= 11 is 0. The van der Waals surface area contributed by atoms with E-state index in [9.17, 15) is 14.4 Å². The molecule has 6 nitrogen and oxygen atoms in total. The van der Waals surface area contributed by atoms with Gasteiger partial charge in [-0.05, 0) is 25.3 Å². The first-order chi connectivity index (χ1) is 14.0. The molecule has 0 radical (unpaired) electrons. The quantitative estimate of drug-likeness (QED) is 0.692. The van der Waals surface area contributed by atoms with Crippen LogP contribution in [0.1, 0.15) is 58.4 Å². The number of rotatable bonds is 9. The molecule has 1 aromatic carbocycles. The van der Waals surface area contributed by atoms with E-state index in [-0.39, 0.29) is 23.8 Å². The standard InChI is InChI=1S/C23H35N3O3/c1-4-6-13-22(28)26-15-14-25(17-18(26)3)23(29)20(24-21(27)10-5-2)16-19-11-8-7-9-12-19/h7-9,11-12,18,20H,4-6,10,13-17H2,1-3H3,(H,24,27). The van der Waals surface area contributed by atoms with Crippen molar-refractivity contribution >= 4 is 17.7 Å². The molecule has 6 heteroatoms. The first-order valence-electron chi connectivity index (χ1n) is 10.9. The van der Waals surface area contributed by atoms with Crippen LogP contribution < -0.4 is 5.32 Å². The topological polar surface area (TPSA) is 69.7 Å². The molecule has 1 fully saturated rings.